The molecular formula is C24H29ClN7OPS. The summed E-state index contributed by atoms with van der Waals surface area (Å²) in [6.07, 6.45) is 6.19. The van der Waals surface area contributed by atoms with Gasteiger partial charge in [-0.15, -0.1) is 0 Å². The number of benzene rings is 1. The van der Waals surface area contributed by atoms with Gasteiger partial charge in [-0.1, -0.05) is 35.5 Å². The minimum absolute atomic E-state index is 0.00964. The molecule has 6 N–H and O–H groups in total. The van der Waals surface area contributed by atoms with Crippen LogP contribution in [0.2, 0.25) is 5.02 Å². The number of hydrogen-bond acceptors (Lipinski definition) is 9. The highest BCUT2D eigenvalue weighted by molar-refractivity contribution is 7.99. The quantitative estimate of drug-likeness (QED) is 0.429. The first kappa shape index (κ1) is 24.4. The van der Waals surface area contributed by atoms with Gasteiger partial charge in [0.2, 0.25) is 0 Å². The van der Waals surface area contributed by atoms with E-state index in [-0.39, 0.29) is 17.3 Å². The largest absolute Gasteiger partial charge is 0.382 e. The van der Waals surface area contributed by atoms with E-state index in [4.69, 9.17) is 28.8 Å². The molecule has 11 heteroatoms. The molecule has 3 heterocycles. The first-order valence-electron chi connectivity index (χ1n) is 11.5. The van der Waals surface area contributed by atoms with Gasteiger partial charge in [0.1, 0.15) is 23.8 Å². The zero-order valence-electron chi connectivity index (χ0n) is 19.7. The summed E-state index contributed by atoms with van der Waals surface area (Å²) in [4.78, 5) is 16.1. The Balaban J connectivity index is 1.29. The molecule has 35 heavy (non-hydrogen) atoms. The Labute approximate surface area is 214 Å². The van der Waals surface area contributed by atoms with Crippen molar-refractivity contribution < 1.29 is 4.57 Å². The first-order chi connectivity index (χ1) is 16.6. The van der Waals surface area contributed by atoms with E-state index in [1.165, 1.54) is 17.3 Å². The lowest BCUT2D eigenvalue weighted by atomic mass is 9.73. The monoisotopic (exact) mass is 529 g/mol. The number of nitrogens with zero attached hydrogens (tertiary/aromatic N) is 4. The summed E-state index contributed by atoms with van der Waals surface area (Å²) in [6.45, 7) is 5.26. The summed E-state index contributed by atoms with van der Waals surface area (Å²) in [7, 11) is -2.32. The fraction of sp³-hybridized carbons (Fsp3) is 0.375. The number of hydrogen-bond donors (Lipinski definition) is 3. The maximum absolute atomic E-state index is 12.6. The van der Waals surface area contributed by atoms with Gasteiger partial charge in [0, 0.05) is 35.5 Å². The Bertz CT molecular complexity index is 1340. The number of aromatic nitrogens is 3. The molecule has 1 spiro atoms. The summed E-state index contributed by atoms with van der Waals surface area (Å²) in [5.74, 6) is 1.37. The van der Waals surface area contributed by atoms with Gasteiger partial charge < -0.3 is 26.7 Å². The van der Waals surface area contributed by atoms with Gasteiger partial charge in [0.05, 0.1) is 11.2 Å². The van der Waals surface area contributed by atoms with Gasteiger partial charge in [-0.05, 0) is 61.3 Å². The van der Waals surface area contributed by atoms with E-state index in [0.29, 0.717) is 15.9 Å². The van der Waals surface area contributed by atoms with Crippen molar-refractivity contribution in [3.8, 4) is 0 Å². The lowest BCUT2D eigenvalue weighted by molar-refractivity contribution is 0.187. The molecule has 184 valence electrons. The van der Waals surface area contributed by atoms with Crippen molar-refractivity contribution in [2.24, 2.45) is 11.1 Å². The van der Waals surface area contributed by atoms with Crippen molar-refractivity contribution in [2.75, 3.05) is 42.8 Å². The van der Waals surface area contributed by atoms with E-state index >= 15 is 0 Å². The highest BCUT2D eigenvalue weighted by Crippen LogP contribution is 2.51. The van der Waals surface area contributed by atoms with Crippen molar-refractivity contribution in [2.45, 2.75) is 35.2 Å². The standard InChI is InChI=1S/C24H29ClN7OPS/c1-34(2,33)15-4-3-14-12-24(20(26)16(14)11-15)6-9-32(10-7-24)18-13-30-23(22(28)31-18)35-17-5-8-29-21(27)19(17)25/h3-5,8,11,13,20H,6-7,9-10,12,26H2,1-2H3,(H2,27,29)(H2,28,31)/t20-/m1/s1. The number of pyridine rings is 1. The van der Waals surface area contributed by atoms with E-state index in [1.807, 2.05) is 6.07 Å². The summed E-state index contributed by atoms with van der Waals surface area (Å²) in [5.41, 5.74) is 21.3. The molecular weight excluding hydrogens is 501 g/mol. The minimum atomic E-state index is -2.32. The van der Waals surface area contributed by atoms with Crippen LogP contribution in [0.25, 0.3) is 0 Å². The predicted molar refractivity (Wildman–Crippen MR) is 144 cm³/mol. The molecule has 1 aliphatic carbocycles. The third-order valence-corrected chi connectivity index (χ3v) is 10.3. The van der Waals surface area contributed by atoms with Crippen molar-refractivity contribution in [3.05, 3.63) is 52.8 Å². The van der Waals surface area contributed by atoms with E-state index < -0.39 is 7.14 Å². The number of nitrogen functional groups attached to an aromatic ring is 2. The molecule has 5 rings (SSSR count). The van der Waals surface area contributed by atoms with Crippen molar-refractivity contribution >= 4 is 53.3 Å². The second-order valence-electron chi connectivity index (χ2n) is 9.77. The van der Waals surface area contributed by atoms with Crippen molar-refractivity contribution in [1.82, 2.24) is 15.0 Å². The summed E-state index contributed by atoms with van der Waals surface area (Å²) >= 11 is 7.57. The Morgan fingerprint density at radius 3 is 2.57 bits per heavy atom. The average Bonchev–Trinajstić information content (AvgIpc) is 3.08. The summed E-state index contributed by atoms with van der Waals surface area (Å²) in [5, 5.41) is 1.86. The number of fused-ring (bicyclic) bond motifs is 1. The van der Waals surface area contributed by atoms with Crippen LogP contribution in [0.15, 0.2) is 46.6 Å². The summed E-state index contributed by atoms with van der Waals surface area (Å²) < 4.78 is 12.6. The topological polar surface area (TPSA) is 137 Å². The maximum atomic E-state index is 12.6. The number of halogens is 1. The van der Waals surface area contributed by atoms with Gasteiger partial charge in [0.15, 0.2) is 5.82 Å². The molecule has 1 fully saturated rings. The van der Waals surface area contributed by atoms with Crippen LogP contribution in [0.5, 0.6) is 0 Å². The van der Waals surface area contributed by atoms with Crippen LogP contribution >= 0.6 is 30.5 Å². The molecule has 1 atom stereocenters. The Morgan fingerprint density at radius 1 is 1.14 bits per heavy atom. The molecule has 0 saturated carbocycles. The van der Waals surface area contributed by atoms with E-state index in [1.54, 1.807) is 31.8 Å². The van der Waals surface area contributed by atoms with Gasteiger partial charge in [-0.3, -0.25) is 0 Å². The van der Waals surface area contributed by atoms with Crippen LogP contribution in [0, 0.1) is 5.41 Å². The van der Waals surface area contributed by atoms with Crippen molar-refractivity contribution in [3.63, 3.8) is 0 Å². The maximum Gasteiger partial charge on any atom is 0.158 e. The van der Waals surface area contributed by atoms with E-state index in [9.17, 15) is 4.57 Å². The van der Waals surface area contributed by atoms with Crippen LogP contribution < -0.4 is 27.4 Å². The lowest BCUT2D eigenvalue weighted by Gasteiger charge is -2.42. The molecule has 0 amide bonds. The molecule has 2 aromatic heterocycles. The van der Waals surface area contributed by atoms with Crippen LogP contribution in [0.1, 0.15) is 30.0 Å². The minimum Gasteiger partial charge on any atom is -0.382 e. The van der Waals surface area contributed by atoms with Crippen LogP contribution in [-0.4, -0.2) is 41.4 Å². The van der Waals surface area contributed by atoms with Crippen LogP contribution in [0.4, 0.5) is 17.5 Å². The highest BCUT2D eigenvalue weighted by Gasteiger charge is 2.46. The fourth-order valence-electron chi connectivity index (χ4n) is 5.09. The normalized spacial score (nSPS) is 19.2. The third-order valence-electron chi connectivity index (χ3n) is 7.21. The Morgan fingerprint density at radius 2 is 1.89 bits per heavy atom. The fourth-order valence-corrected chi connectivity index (χ4v) is 6.99. The second kappa shape index (κ2) is 8.96. The summed E-state index contributed by atoms with van der Waals surface area (Å²) in [6, 6.07) is 7.92. The van der Waals surface area contributed by atoms with Gasteiger partial charge in [0.25, 0.3) is 0 Å². The Kier molecular flexibility index (Phi) is 6.24. The second-order valence-corrected chi connectivity index (χ2v) is 14.4. The molecule has 0 unspecified atom stereocenters. The molecule has 3 aromatic rings. The zero-order valence-corrected chi connectivity index (χ0v) is 22.2. The SMILES string of the molecule is CP(C)(=O)c1ccc2c(c1)[C@@H](N)C1(CCN(c3cnc(Sc4ccnc(N)c4Cl)c(N)n3)CC1)C2. The van der Waals surface area contributed by atoms with Crippen molar-refractivity contribution in [1.29, 1.82) is 0 Å². The first-order valence-corrected chi connectivity index (χ1v) is 15.3. The van der Waals surface area contributed by atoms with E-state index in [2.05, 4.69) is 32.0 Å². The molecule has 2 aliphatic rings. The van der Waals surface area contributed by atoms with E-state index in [0.717, 1.165) is 53.9 Å². The van der Waals surface area contributed by atoms with Gasteiger partial charge in [-0.2, -0.15) is 0 Å². The lowest BCUT2D eigenvalue weighted by Crippen LogP contribution is -2.44. The number of rotatable bonds is 4. The zero-order chi connectivity index (χ0) is 25.0. The smallest absolute Gasteiger partial charge is 0.158 e. The molecule has 1 aliphatic heterocycles. The molecule has 0 radical (unpaired) electrons. The molecule has 1 saturated heterocycles. The van der Waals surface area contributed by atoms with Crippen LogP contribution in [0.3, 0.4) is 0 Å². The molecule has 0 bridgehead atoms. The number of piperidine rings is 1. The predicted octanol–water partition coefficient (Wildman–Crippen LogP) is 3.93. The third kappa shape index (κ3) is 4.51. The molecule has 8 nitrogen and oxygen atoms in total. The van der Waals surface area contributed by atoms with Crippen LogP contribution in [-0.2, 0) is 11.0 Å². The number of nitrogens with two attached hydrogens (primary N) is 3. The van der Waals surface area contributed by atoms with Gasteiger partial charge >= 0.3 is 0 Å². The Hall–Kier alpha value is -2.32. The van der Waals surface area contributed by atoms with Gasteiger partial charge in [-0.25, -0.2) is 15.0 Å². The number of anilines is 3. The highest BCUT2D eigenvalue weighted by atomic mass is 35.5. The average molecular weight is 530 g/mol. The molecule has 1 aromatic carbocycles.